The molecule has 11 heteroatoms. The Kier molecular flexibility index (Phi) is 4.98. The highest BCUT2D eigenvalue weighted by Gasteiger charge is 2.66. The van der Waals surface area contributed by atoms with Crippen LogP contribution < -0.4 is 0 Å². The zero-order valence-corrected chi connectivity index (χ0v) is 18.6. The van der Waals surface area contributed by atoms with E-state index in [1.54, 1.807) is 0 Å². The minimum atomic E-state index is -6.00. The predicted octanol–water partition coefficient (Wildman–Crippen LogP) is 2.98. The van der Waals surface area contributed by atoms with Crippen LogP contribution in [0.1, 0.15) is 58.3 Å². The Balaban J connectivity index is 1.57. The average molecular weight is 481 g/mol. The molecule has 1 unspecified atom stereocenters. The molecular formula is C21H27F3O7S. The monoisotopic (exact) mass is 480 g/mol. The number of Topliss-reactive ketones (excluding diaryl/α,β-unsaturated/α-hetero) is 1. The molecule has 0 bridgehead atoms. The van der Waals surface area contributed by atoms with Crippen molar-refractivity contribution in [3.63, 3.8) is 0 Å². The molecule has 1 spiro atoms. The van der Waals surface area contributed by atoms with E-state index < -0.39 is 38.5 Å². The zero-order valence-electron chi connectivity index (χ0n) is 17.7. The van der Waals surface area contributed by atoms with Gasteiger partial charge >= 0.3 is 15.6 Å². The van der Waals surface area contributed by atoms with E-state index >= 15 is 0 Å². The van der Waals surface area contributed by atoms with Crippen molar-refractivity contribution in [3.8, 4) is 0 Å². The number of allylic oxidation sites excluding steroid dienone is 1. The van der Waals surface area contributed by atoms with Crippen molar-refractivity contribution in [1.29, 1.82) is 0 Å². The van der Waals surface area contributed by atoms with Gasteiger partial charge in [-0.3, -0.25) is 8.98 Å². The van der Waals surface area contributed by atoms with E-state index in [1.807, 2.05) is 6.92 Å². The molecule has 1 aliphatic heterocycles. The Morgan fingerprint density at radius 2 is 1.75 bits per heavy atom. The van der Waals surface area contributed by atoms with Crippen LogP contribution in [0, 0.1) is 17.3 Å². The molecule has 1 N–H and O–H groups in total. The molecule has 0 amide bonds. The van der Waals surface area contributed by atoms with Gasteiger partial charge in [0.1, 0.15) is 11.4 Å². The number of fused-ring (bicyclic) bond motifs is 4. The molecule has 1 heterocycles. The lowest BCUT2D eigenvalue weighted by molar-refractivity contribution is -0.269. The van der Waals surface area contributed by atoms with Gasteiger partial charge in [0.2, 0.25) is 0 Å². The van der Waals surface area contributed by atoms with Gasteiger partial charge in [-0.15, -0.1) is 0 Å². The Bertz CT molecular complexity index is 968. The third-order valence-electron chi connectivity index (χ3n) is 8.57. The summed E-state index contributed by atoms with van der Waals surface area (Å²) >= 11 is 0. The Labute approximate surface area is 184 Å². The van der Waals surface area contributed by atoms with Crippen molar-refractivity contribution < 1.29 is 45.1 Å². The van der Waals surface area contributed by atoms with Crippen molar-refractivity contribution in [2.75, 3.05) is 13.2 Å². The molecule has 5 atom stereocenters. The number of alkyl halides is 3. The summed E-state index contributed by atoms with van der Waals surface area (Å²) in [5.74, 6) is -1.32. The smallest absolute Gasteiger partial charge is 0.382 e. The average Bonchev–Trinajstić information content (AvgIpc) is 3.29. The molecule has 180 valence electrons. The number of halogens is 3. The second-order valence-electron chi connectivity index (χ2n) is 9.94. The third kappa shape index (κ3) is 3.00. The quantitative estimate of drug-likeness (QED) is 0.369. The number of ether oxygens (including phenoxy) is 2. The van der Waals surface area contributed by atoms with Gasteiger partial charge in [-0.05, 0) is 55.9 Å². The molecule has 5 aliphatic rings. The fourth-order valence-electron chi connectivity index (χ4n) is 7.01. The third-order valence-corrected chi connectivity index (χ3v) is 9.58. The number of ketones is 1. The first kappa shape index (κ1) is 22.8. The fourth-order valence-corrected chi connectivity index (χ4v) is 7.67. The summed E-state index contributed by atoms with van der Waals surface area (Å²) < 4.78 is 79.4. The van der Waals surface area contributed by atoms with Crippen molar-refractivity contribution in [2.24, 2.45) is 17.3 Å². The molecule has 4 fully saturated rings. The normalized spacial score (nSPS) is 41.5. The van der Waals surface area contributed by atoms with Crippen molar-refractivity contribution >= 4 is 15.9 Å². The molecule has 0 aromatic carbocycles. The van der Waals surface area contributed by atoms with Gasteiger partial charge in [0.15, 0.2) is 11.9 Å². The van der Waals surface area contributed by atoms with Gasteiger partial charge in [0.05, 0.1) is 13.2 Å². The van der Waals surface area contributed by atoms with Crippen LogP contribution in [0.25, 0.3) is 0 Å². The maximum absolute atomic E-state index is 13.2. The Morgan fingerprint density at radius 1 is 1.06 bits per heavy atom. The second-order valence-corrected chi connectivity index (χ2v) is 11.5. The van der Waals surface area contributed by atoms with Crippen molar-refractivity contribution in [2.45, 2.75) is 81.3 Å². The lowest BCUT2D eigenvalue weighted by Gasteiger charge is -2.55. The largest absolute Gasteiger partial charge is 0.523 e. The molecule has 3 saturated carbocycles. The van der Waals surface area contributed by atoms with Crippen LogP contribution in [-0.2, 0) is 28.6 Å². The molecule has 4 aliphatic carbocycles. The summed E-state index contributed by atoms with van der Waals surface area (Å²) in [5.41, 5.74) is -6.51. The standard InChI is InChI=1S/C21H27F3O7S/c1-18-7-4-13-12(14(18)2-3-16(18)25)5-8-19(26)15(13)6-9-20(29-10-11-30-20)17(19)31-32(27,28)21(22,23)24/h12,14,17,26H,2-11H2,1H3/t12-,14+,17?,18+,19+/m1/s1. The number of rotatable bonds is 2. The first-order valence-corrected chi connectivity index (χ1v) is 12.5. The Hall–Kier alpha value is -1.01. The molecular weight excluding hydrogens is 453 g/mol. The molecule has 5 rings (SSSR count). The molecule has 1 saturated heterocycles. The Morgan fingerprint density at radius 3 is 2.41 bits per heavy atom. The van der Waals surface area contributed by atoms with E-state index in [-0.39, 0.29) is 43.7 Å². The summed E-state index contributed by atoms with van der Waals surface area (Å²) in [6.07, 6.45) is 1.43. The van der Waals surface area contributed by atoms with Gasteiger partial charge < -0.3 is 14.6 Å². The van der Waals surface area contributed by atoms with E-state index in [1.165, 1.54) is 0 Å². The van der Waals surface area contributed by atoms with Gasteiger partial charge in [0, 0.05) is 18.3 Å². The number of carbonyl (C=O) groups is 1. The maximum atomic E-state index is 13.2. The van der Waals surface area contributed by atoms with Gasteiger partial charge in [0.25, 0.3) is 0 Å². The van der Waals surface area contributed by atoms with E-state index in [0.29, 0.717) is 37.7 Å². The minimum Gasteiger partial charge on any atom is -0.382 e. The summed E-state index contributed by atoms with van der Waals surface area (Å²) in [7, 11) is -6.00. The van der Waals surface area contributed by atoms with E-state index in [9.17, 15) is 31.5 Å². The zero-order chi connectivity index (χ0) is 23.2. The number of hydrogen-bond donors (Lipinski definition) is 1. The summed E-state index contributed by atoms with van der Waals surface area (Å²) in [5, 5.41) is 11.8. The minimum absolute atomic E-state index is 0.0176. The molecule has 7 nitrogen and oxygen atoms in total. The highest BCUT2D eigenvalue weighted by Crippen LogP contribution is 2.61. The SMILES string of the molecule is C[C@]12CCC3=C4CCC5(OCCO5)C(OS(=O)(=O)C(F)(F)F)[C@]4(O)CC[C@H]3[C@@H]1CCC2=O. The predicted molar refractivity (Wildman–Crippen MR) is 103 cm³/mol. The fraction of sp³-hybridized carbons (Fsp3) is 0.857. The van der Waals surface area contributed by atoms with Crippen LogP contribution in [0.4, 0.5) is 13.2 Å². The van der Waals surface area contributed by atoms with Crippen molar-refractivity contribution in [1.82, 2.24) is 0 Å². The molecule has 32 heavy (non-hydrogen) atoms. The van der Waals surface area contributed by atoms with Gasteiger partial charge in [-0.1, -0.05) is 12.5 Å². The lowest BCUT2D eigenvalue weighted by atomic mass is 9.54. The van der Waals surface area contributed by atoms with Crippen LogP contribution >= 0.6 is 0 Å². The molecule has 0 aromatic rings. The van der Waals surface area contributed by atoms with Gasteiger partial charge in [-0.2, -0.15) is 21.6 Å². The first-order valence-electron chi connectivity index (χ1n) is 11.1. The highest BCUT2D eigenvalue weighted by atomic mass is 32.2. The summed E-state index contributed by atoms with van der Waals surface area (Å²) in [6, 6.07) is 0. The number of carbonyl (C=O) groups excluding carboxylic acids is 1. The summed E-state index contributed by atoms with van der Waals surface area (Å²) in [6.45, 7) is 2.13. The maximum Gasteiger partial charge on any atom is 0.523 e. The van der Waals surface area contributed by atoms with E-state index in [4.69, 9.17) is 13.7 Å². The number of hydrogen-bond acceptors (Lipinski definition) is 7. The van der Waals surface area contributed by atoms with Crippen LogP contribution in [0.3, 0.4) is 0 Å². The van der Waals surface area contributed by atoms with Crippen LogP contribution in [0.15, 0.2) is 11.1 Å². The van der Waals surface area contributed by atoms with Crippen molar-refractivity contribution in [3.05, 3.63) is 11.1 Å². The number of aliphatic hydroxyl groups is 1. The van der Waals surface area contributed by atoms with E-state index in [0.717, 1.165) is 12.0 Å². The molecule has 0 radical (unpaired) electrons. The van der Waals surface area contributed by atoms with E-state index in [2.05, 4.69) is 0 Å². The highest BCUT2D eigenvalue weighted by molar-refractivity contribution is 7.87. The lowest BCUT2D eigenvalue weighted by Crippen LogP contribution is -2.65. The molecule has 0 aromatic heterocycles. The second kappa shape index (κ2) is 7.00. The van der Waals surface area contributed by atoms with Gasteiger partial charge in [-0.25, -0.2) is 0 Å². The topological polar surface area (TPSA) is 99.1 Å². The van der Waals surface area contributed by atoms with Crippen LogP contribution in [0.5, 0.6) is 0 Å². The van der Waals surface area contributed by atoms with Crippen LogP contribution in [-0.4, -0.2) is 55.5 Å². The van der Waals surface area contributed by atoms with Crippen LogP contribution in [0.2, 0.25) is 0 Å². The summed E-state index contributed by atoms with van der Waals surface area (Å²) in [4.78, 5) is 12.5. The first-order chi connectivity index (χ1) is 14.8.